The first kappa shape index (κ1) is 16.3. The molecule has 0 fully saturated rings. The van der Waals surface area contributed by atoms with Crippen molar-refractivity contribution < 1.29 is 8.42 Å². The topological polar surface area (TPSA) is 69.0 Å². The van der Waals surface area contributed by atoms with Crippen LogP contribution in [-0.4, -0.2) is 30.0 Å². The van der Waals surface area contributed by atoms with Gasteiger partial charge in [0, 0.05) is 17.8 Å². The Morgan fingerprint density at radius 2 is 2.05 bits per heavy atom. The van der Waals surface area contributed by atoms with Crippen LogP contribution in [0.25, 0.3) is 10.9 Å². The highest BCUT2D eigenvalue weighted by molar-refractivity contribution is 7.90. The fourth-order valence-electron chi connectivity index (χ4n) is 2.13. The second-order valence-corrected chi connectivity index (χ2v) is 7.73. The number of alkyl halides is 1. The van der Waals surface area contributed by atoms with Gasteiger partial charge in [0.25, 0.3) is 5.56 Å². The molecule has 1 heterocycles. The van der Waals surface area contributed by atoms with Crippen LogP contribution >= 0.6 is 23.2 Å². The van der Waals surface area contributed by atoms with Crippen LogP contribution in [0.5, 0.6) is 0 Å². The van der Waals surface area contributed by atoms with Gasteiger partial charge in [-0.2, -0.15) is 4.98 Å². The number of aryl methyl sites for hydroxylation is 1. The van der Waals surface area contributed by atoms with Crippen molar-refractivity contribution in [2.24, 2.45) is 0 Å². The van der Waals surface area contributed by atoms with Gasteiger partial charge in [0.05, 0.1) is 22.5 Å². The second-order valence-electron chi connectivity index (χ2n) is 4.76. The van der Waals surface area contributed by atoms with E-state index in [1.165, 1.54) is 6.26 Å². The summed E-state index contributed by atoms with van der Waals surface area (Å²) in [6, 6.07) is 4.95. The van der Waals surface area contributed by atoms with E-state index in [0.29, 0.717) is 34.7 Å². The molecule has 114 valence electrons. The molecular formula is C13H14Cl2N2O3S. The Morgan fingerprint density at radius 3 is 2.67 bits per heavy atom. The van der Waals surface area contributed by atoms with Gasteiger partial charge in [-0.25, -0.2) is 8.42 Å². The Bertz CT molecular complexity index is 831. The number of halogens is 2. The largest absolute Gasteiger partial charge is 0.328 e. The molecule has 5 nitrogen and oxygen atoms in total. The molecular weight excluding hydrogens is 335 g/mol. The minimum absolute atomic E-state index is 0.0654. The zero-order valence-corrected chi connectivity index (χ0v) is 13.7. The van der Waals surface area contributed by atoms with Crippen molar-refractivity contribution in [2.75, 3.05) is 12.0 Å². The van der Waals surface area contributed by atoms with Crippen molar-refractivity contribution in [1.82, 2.24) is 9.55 Å². The van der Waals surface area contributed by atoms with Crippen LogP contribution in [0.3, 0.4) is 0 Å². The highest BCUT2D eigenvalue weighted by Gasteiger charge is 2.11. The number of rotatable bonds is 5. The molecule has 0 unspecified atom stereocenters. The maximum atomic E-state index is 12.0. The fourth-order valence-corrected chi connectivity index (χ4v) is 3.16. The average molecular weight is 349 g/mol. The van der Waals surface area contributed by atoms with Crippen molar-refractivity contribution in [3.63, 3.8) is 0 Å². The zero-order valence-electron chi connectivity index (χ0n) is 11.3. The van der Waals surface area contributed by atoms with Gasteiger partial charge in [-0.3, -0.25) is 4.79 Å². The van der Waals surface area contributed by atoms with E-state index in [2.05, 4.69) is 4.98 Å². The van der Waals surface area contributed by atoms with Crippen molar-refractivity contribution in [1.29, 1.82) is 0 Å². The first-order valence-electron chi connectivity index (χ1n) is 6.24. The maximum Gasteiger partial charge on any atom is 0.280 e. The second kappa shape index (κ2) is 6.34. The lowest BCUT2D eigenvalue weighted by atomic mass is 10.2. The summed E-state index contributed by atoms with van der Waals surface area (Å²) in [6.07, 6.45) is 1.61. The summed E-state index contributed by atoms with van der Waals surface area (Å²) in [7, 11) is -3.03. The third-order valence-corrected chi connectivity index (χ3v) is 4.54. The van der Waals surface area contributed by atoms with Crippen molar-refractivity contribution in [2.45, 2.75) is 18.8 Å². The number of hydrogen-bond acceptors (Lipinski definition) is 4. The Kier molecular flexibility index (Phi) is 4.91. The third kappa shape index (κ3) is 3.96. The molecule has 8 heteroatoms. The molecule has 0 radical (unpaired) electrons. The Hall–Kier alpha value is -1.11. The highest BCUT2D eigenvalue weighted by Crippen LogP contribution is 2.18. The molecule has 0 aliphatic carbocycles. The summed E-state index contributed by atoms with van der Waals surface area (Å²) in [4.78, 5) is 15.9. The van der Waals surface area contributed by atoms with Crippen molar-refractivity contribution in [3.05, 3.63) is 39.4 Å². The summed E-state index contributed by atoms with van der Waals surface area (Å²) in [5, 5.41) is 0.846. The van der Waals surface area contributed by atoms with Gasteiger partial charge in [-0.15, -0.1) is 11.6 Å². The van der Waals surface area contributed by atoms with Crippen LogP contribution in [0.1, 0.15) is 12.2 Å². The number of hydrogen-bond donors (Lipinski definition) is 0. The molecule has 0 amide bonds. The number of sulfone groups is 1. The molecule has 1 aromatic carbocycles. The molecule has 2 aromatic rings. The van der Waals surface area contributed by atoms with Gasteiger partial charge >= 0.3 is 0 Å². The summed E-state index contributed by atoms with van der Waals surface area (Å²) < 4.78 is 24.2. The summed E-state index contributed by atoms with van der Waals surface area (Å²) >= 11 is 11.7. The lowest BCUT2D eigenvalue weighted by Gasteiger charge is -2.14. The third-order valence-electron chi connectivity index (χ3n) is 3.04. The zero-order chi connectivity index (χ0) is 15.6. The summed E-state index contributed by atoms with van der Waals surface area (Å²) in [6.45, 7) is 0.417. The molecule has 0 saturated heterocycles. The lowest BCUT2D eigenvalue weighted by molar-refractivity contribution is 0.590. The van der Waals surface area contributed by atoms with Crippen molar-refractivity contribution in [3.8, 4) is 0 Å². The number of aromatic nitrogens is 2. The van der Waals surface area contributed by atoms with Crippen LogP contribution in [0.4, 0.5) is 0 Å². The molecule has 1 aromatic heterocycles. The summed E-state index contributed by atoms with van der Waals surface area (Å²) in [5.74, 6) is 0.563. The Morgan fingerprint density at radius 1 is 1.33 bits per heavy atom. The minimum atomic E-state index is -3.03. The van der Waals surface area contributed by atoms with E-state index < -0.39 is 9.84 Å². The van der Waals surface area contributed by atoms with Gasteiger partial charge in [-0.05, 0) is 24.6 Å². The smallest absolute Gasteiger partial charge is 0.280 e. The van der Waals surface area contributed by atoms with Crippen molar-refractivity contribution >= 4 is 43.9 Å². The van der Waals surface area contributed by atoms with Gasteiger partial charge in [-0.1, -0.05) is 11.6 Å². The molecule has 0 aliphatic rings. The molecule has 0 aliphatic heterocycles. The lowest BCUT2D eigenvalue weighted by Crippen LogP contribution is -2.19. The molecule has 0 bridgehead atoms. The van der Waals surface area contributed by atoms with Gasteiger partial charge in [0.15, 0.2) is 0 Å². The highest BCUT2D eigenvalue weighted by atomic mass is 35.5. The van der Waals surface area contributed by atoms with Crippen LogP contribution in [0, 0.1) is 0 Å². The van der Waals surface area contributed by atoms with E-state index >= 15 is 0 Å². The van der Waals surface area contributed by atoms with E-state index in [-0.39, 0.29) is 17.2 Å². The fraction of sp³-hybridized carbons (Fsp3) is 0.385. The van der Waals surface area contributed by atoms with E-state index in [0.717, 1.165) is 0 Å². The molecule has 0 N–H and O–H groups in total. The normalized spacial score (nSPS) is 12.0. The molecule has 21 heavy (non-hydrogen) atoms. The van der Waals surface area contributed by atoms with E-state index in [1.807, 2.05) is 0 Å². The average Bonchev–Trinajstić information content (AvgIpc) is 2.40. The van der Waals surface area contributed by atoms with Crippen LogP contribution in [-0.2, 0) is 22.3 Å². The van der Waals surface area contributed by atoms with Crippen LogP contribution in [0.15, 0.2) is 23.0 Å². The first-order valence-corrected chi connectivity index (χ1v) is 9.22. The minimum Gasteiger partial charge on any atom is -0.328 e. The SMILES string of the molecule is CS(=O)(=O)CCCn1c(CCl)nc(=O)c2cc(Cl)ccc21. The number of fused-ring (bicyclic) bond motifs is 1. The number of benzene rings is 1. The van der Waals surface area contributed by atoms with E-state index in [4.69, 9.17) is 23.2 Å². The Balaban J connectivity index is 2.49. The van der Waals surface area contributed by atoms with Crippen LogP contribution < -0.4 is 5.56 Å². The van der Waals surface area contributed by atoms with E-state index in [9.17, 15) is 13.2 Å². The quantitative estimate of drug-likeness (QED) is 0.777. The van der Waals surface area contributed by atoms with Crippen LogP contribution in [0.2, 0.25) is 5.02 Å². The van der Waals surface area contributed by atoms with Gasteiger partial charge in [0.1, 0.15) is 15.7 Å². The standard InChI is InChI=1S/C13H14Cl2N2O3S/c1-21(19,20)6-2-5-17-11-4-3-9(15)7-10(11)13(18)16-12(17)8-14/h3-4,7H,2,5-6,8H2,1H3. The predicted molar refractivity (Wildman–Crippen MR) is 84.9 cm³/mol. The predicted octanol–water partition coefficient (Wildman–Crippen LogP) is 2.22. The van der Waals surface area contributed by atoms with Gasteiger partial charge < -0.3 is 4.57 Å². The van der Waals surface area contributed by atoms with E-state index in [1.54, 1.807) is 22.8 Å². The number of nitrogens with zero attached hydrogens (tertiary/aromatic N) is 2. The first-order chi connectivity index (χ1) is 9.81. The molecule has 0 spiro atoms. The summed E-state index contributed by atoms with van der Waals surface area (Å²) in [5.41, 5.74) is 0.270. The molecule has 2 rings (SSSR count). The Labute approximate surface area is 132 Å². The van der Waals surface area contributed by atoms with Gasteiger partial charge in [0.2, 0.25) is 0 Å². The molecule has 0 saturated carbocycles. The monoisotopic (exact) mass is 348 g/mol. The molecule has 0 atom stereocenters. The maximum absolute atomic E-state index is 12.0.